The molecule has 0 spiro atoms. The van der Waals surface area contributed by atoms with Crippen molar-refractivity contribution in [1.82, 2.24) is 10.8 Å². The fourth-order valence-electron chi connectivity index (χ4n) is 2.50. The number of hydrogen-bond acceptors (Lipinski definition) is 6. The van der Waals surface area contributed by atoms with Crippen LogP contribution in [-0.4, -0.2) is 50.1 Å². The highest BCUT2D eigenvalue weighted by molar-refractivity contribution is 7.90. The van der Waals surface area contributed by atoms with Crippen molar-refractivity contribution in [2.24, 2.45) is 0 Å². The smallest absolute Gasteiger partial charge is 0.274 e. The lowest BCUT2D eigenvalue weighted by Crippen LogP contribution is -2.39. The number of hydroxylamine groups is 1. The van der Waals surface area contributed by atoms with Crippen molar-refractivity contribution in [3.63, 3.8) is 0 Å². The van der Waals surface area contributed by atoms with E-state index in [4.69, 9.17) is 9.94 Å². The maximum Gasteiger partial charge on any atom is 0.274 e. The van der Waals surface area contributed by atoms with E-state index in [1.165, 1.54) is 35.8 Å². The molecule has 9 heteroatoms. The van der Waals surface area contributed by atoms with Crippen LogP contribution in [-0.2, 0) is 14.6 Å². The van der Waals surface area contributed by atoms with E-state index in [1.54, 1.807) is 6.08 Å². The van der Waals surface area contributed by atoms with Crippen molar-refractivity contribution < 1.29 is 28.0 Å². The zero-order valence-corrected chi connectivity index (χ0v) is 17.3. The molecule has 0 unspecified atom stereocenters. The first-order chi connectivity index (χ1) is 14.3. The summed E-state index contributed by atoms with van der Waals surface area (Å²) in [6, 6.07) is 14.8. The summed E-state index contributed by atoms with van der Waals surface area (Å²) in [5, 5.41) is 11.4. The van der Waals surface area contributed by atoms with Gasteiger partial charge in [-0.2, -0.15) is 0 Å². The largest absolute Gasteiger partial charge is 0.491 e. The molecule has 3 N–H and O–H groups in total. The van der Waals surface area contributed by atoms with Gasteiger partial charge in [-0.25, -0.2) is 13.9 Å². The van der Waals surface area contributed by atoms with Crippen LogP contribution in [0.25, 0.3) is 6.08 Å². The van der Waals surface area contributed by atoms with Crippen molar-refractivity contribution in [1.29, 1.82) is 0 Å². The highest BCUT2D eigenvalue weighted by atomic mass is 32.2. The van der Waals surface area contributed by atoms with Crippen LogP contribution in [0.5, 0.6) is 5.75 Å². The van der Waals surface area contributed by atoms with E-state index >= 15 is 0 Å². The van der Waals surface area contributed by atoms with Crippen molar-refractivity contribution >= 4 is 27.7 Å². The number of sulfone groups is 1. The molecule has 2 aromatic rings. The molecule has 2 amide bonds. The van der Waals surface area contributed by atoms with Gasteiger partial charge >= 0.3 is 0 Å². The highest BCUT2D eigenvalue weighted by Crippen LogP contribution is 2.13. The SMILES string of the molecule is CS(=O)(=O)CC[C@@H](COc1ccc(C(=O)NO)cc1)NC(=O)C=Cc1ccccc1. The molecule has 0 aliphatic heterocycles. The van der Waals surface area contributed by atoms with Crippen LogP contribution < -0.4 is 15.5 Å². The maximum atomic E-state index is 12.2. The second-order valence-electron chi connectivity index (χ2n) is 6.64. The summed E-state index contributed by atoms with van der Waals surface area (Å²) >= 11 is 0. The van der Waals surface area contributed by atoms with Crippen LogP contribution >= 0.6 is 0 Å². The number of carbonyl (C=O) groups excluding carboxylic acids is 2. The number of rotatable bonds is 10. The standard InChI is InChI=1S/C21H24N2O6S/c1-30(27,28)14-13-18(22-20(24)12-7-16-5-3-2-4-6-16)15-29-19-10-8-17(9-11-19)21(25)23-26/h2-12,18,26H,13-15H2,1H3,(H,22,24)(H,23,25)/t18-/m0/s1. The Labute approximate surface area is 175 Å². The third-order valence-electron chi connectivity index (χ3n) is 4.08. The molecule has 160 valence electrons. The Morgan fingerprint density at radius 2 is 1.77 bits per heavy atom. The first-order valence-electron chi connectivity index (χ1n) is 9.15. The van der Waals surface area contributed by atoms with Gasteiger partial charge in [0.15, 0.2) is 0 Å². The van der Waals surface area contributed by atoms with Gasteiger partial charge in [-0.05, 0) is 42.3 Å². The summed E-state index contributed by atoms with van der Waals surface area (Å²) in [4.78, 5) is 23.6. The molecular weight excluding hydrogens is 408 g/mol. The molecule has 0 aromatic heterocycles. The van der Waals surface area contributed by atoms with Gasteiger partial charge in [0.05, 0.1) is 11.8 Å². The maximum absolute atomic E-state index is 12.2. The fraction of sp³-hybridized carbons (Fsp3) is 0.238. The first kappa shape index (κ1) is 23.1. The summed E-state index contributed by atoms with van der Waals surface area (Å²) in [5.41, 5.74) is 2.65. The number of carbonyl (C=O) groups is 2. The van der Waals surface area contributed by atoms with Gasteiger partial charge in [0.25, 0.3) is 5.91 Å². The minimum Gasteiger partial charge on any atom is -0.491 e. The molecule has 2 rings (SSSR count). The summed E-state index contributed by atoms with van der Waals surface area (Å²) in [7, 11) is -3.20. The molecule has 0 heterocycles. The van der Waals surface area contributed by atoms with Crippen LogP contribution in [0.4, 0.5) is 0 Å². The number of hydrogen-bond donors (Lipinski definition) is 3. The Morgan fingerprint density at radius 1 is 1.10 bits per heavy atom. The third kappa shape index (κ3) is 8.46. The van der Waals surface area contributed by atoms with Crippen molar-refractivity contribution in [3.05, 3.63) is 71.8 Å². The molecule has 0 aliphatic carbocycles. The minimum atomic E-state index is -3.20. The Hall–Kier alpha value is -3.17. The Bertz CT molecular complexity index is 972. The van der Waals surface area contributed by atoms with E-state index in [2.05, 4.69) is 5.32 Å². The highest BCUT2D eigenvalue weighted by Gasteiger charge is 2.15. The third-order valence-corrected chi connectivity index (χ3v) is 5.06. The van der Waals surface area contributed by atoms with E-state index in [0.717, 1.165) is 11.8 Å². The molecule has 30 heavy (non-hydrogen) atoms. The Kier molecular flexibility index (Phi) is 8.57. The van der Waals surface area contributed by atoms with Crippen LogP contribution in [0.2, 0.25) is 0 Å². The minimum absolute atomic E-state index is 0.0476. The van der Waals surface area contributed by atoms with Crippen molar-refractivity contribution in [2.45, 2.75) is 12.5 Å². The van der Waals surface area contributed by atoms with Crippen molar-refractivity contribution in [2.75, 3.05) is 18.6 Å². The van der Waals surface area contributed by atoms with Crippen molar-refractivity contribution in [3.8, 4) is 5.75 Å². The molecular formula is C21H24N2O6S. The van der Waals surface area contributed by atoms with Gasteiger partial charge < -0.3 is 10.1 Å². The number of benzene rings is 2. The van der Waals surface area contributed by atoms with Gasteiger partial charge in [0, 0.05) is 17.9 Å². The van der Waals surface area contributed by atoms with Gasteiger partial charge in [0.2, 0.25) is 5.91 Å². The molecule has 1 atom stereocenters. The average molecular weight is 432 g/mol. The molecule has 0 bridgehead atoms. The van der Waals surface area contributed by atoms with E-state index in [1.807, 2.05) is 30.3 Å². The normalized spacial score (nSPS) is 12.3. The van der Waals surface area contributed by atoms with E-state index in [-0.39, 0.29) is 30.3 Å². The predicted molar refractivity (Wildman–Crippen MR) is 113 cm³/mol. The lowest BCUT2D eigenvalue weighted by molar-refractivity contribution is -0.117. The van der Waals surface area contributed by atoms with Gasteiger partial charge in [-0.1, -0.05) is 30.3 Å². The van der Waals surface area contributed by atoms with E-state index in [0.29, 0.717) is 5.75 Å². The summed E-state index contributed by atoms with van der Waals surface area (Å²) < 4.78 is 28.7. The van der Waals surface area contributed by atoms with Gasteiger partial charge in [0.1, 0.15) is 22.2 Å². The fourth-order valence-corrected chi connectivity index (χ4v) is 3.22. The second kappa shape index (κ2) is 11.1. The average Bonchev–Trinajstić information content (AvgIpc) is 2.74. The summed E-state index contributed by atoms with van der Waals surface area (Å²) in [6.45, 7) is 0.0476. The van der Waals surface area contributed by atoms with E-state index in [9.17, 15) is 18.0 Å². The van der Waals surface area contributed by atoms with Gasteiger partial charge in [-0.3, -0.25) is 14.8 Å². The first-order valence-corrected chi connectivity index (χ1v) is 11.2. The molecule has 0 saturated carbocycles. The Balaban J connectivity index is 1.98. The molecule has 0 fully saturated rings. The molecule has 2 aromatic carbocycles. The molecule has 0 saturated heterocycles. The van der Waals surface area contributed by atoms with Gasteiger partial charge in [-0.15, -0.1) is 0 Å². The zero-order valence-electron chi connectivity index (χ0n) is 16.4. The zero-order chi connectivity index (χ0) is 22.0. The molecule has 8 nitrogen and oxygen atoms in total. The van der Waals surface area contributed by atoms with Crippen LogP contribution in [0.15, 0.2) is 60.7 Å². The lowest BCUT2D eigenvalue weighted by Gasteiger charge is -2.18. The van der Waals surface area contributed by atoms with Crippen LogP contribution in [0.3, 0.4) is 0 Å². The predicted octanol–water partition coefficient (Wildman–Crippen LogP) is 1.82. The monoisotopic (exact) mass is 432 g/mol. The summed E-state index contributed by atoms with van der Waals surface area (Å²) in [6.07, 6.45) is 4.36. The quantitative estimate of drug-likeness (QED) is 0.299. The molecule has 0 aliphatic rings. The molecule has 0 radical (unpaired) electrons. The second-order valence-corrected chi connectivity index (χ2v) is 8.90. The van der Waals surface area contributed by atoms with Crippen LogP contribution in [0, 0.1) is 0 Å². The Morgan fingerprint density at radius 3 is 2.37 bits per heavy atom. The number of nitrogens with one attached hydrogen (secondary N) is 2. The number of ether oxygens (including phenoxy) is 1. The number of amides is 2. The summed E-state index contributed by atoms with van der Waals surface area (Å²) in [5.74, 6) is -0.678. The van der Waals surface area contributed by atoms with Crippen LogP contribution in [0.1, 0.15) is 22.3 Å². The van der Waals surface area contributed by atoms with E-state index < -0.39 is 21.8 Å². The topological polar surface area (TPSA) is 122 Å². The lowest BCUT2D eigenvalue weighted by atomic mass is 10.2.